The highest BCUT2D eigenvalue weighted by Gasteiger charge is 2.20. The normalized spacial score (nSPS) is 16.2. The average Bonchev–Trinajstić information content (AvgIpc) is 3.12. The van der Waals surface area contributed by atoms with Gasteiger partial charge in [0, 0.05) is 45.3 Å². The quantitative estimate of drug-likeness (QED) is 0.358. The molecular weight excluding hydrogens is 445 g/mol. The molecule has 1 saturated heterocycles. The van der Waals surface area contributed by atoms with Crippen molar-refractivity contribution >= 4 is 46.3 Å². The molecule has 0 amide bonds. The van der Waals surface area contributed by atoms with Gasteiger partial charge < -0.3 is 15.5 Å². The van der Waals surface area contributed by atoms with E-state index in [2.05, 4.69) is 63.7 Å². The van der Waals surface area contributed by atoms with Gasteiger partial charge in [0.15, 0.2) is 5.96 Å². The maximum absolute atomic E-state index is 4.38. The molecule has 0 aliphatic carbocycles. The number of hydrogen-bond donors (Lipinski definition) is 2. The van der Waals surface area contributed by atoms with Crippen LogP contribution in [0.1, 0.15) is 33.6 Å². The first-order valence-corrected chi connectivity index (χ1v) is 10.0. The molecule has 2 N–H and O–H groups in total. The zero-order chi connectivity index (χ0) is 17.4. The Morgan fingerprint density at radius 3 is 2.64 bits per heavy atom. The predicted molar refractivity (Wildman–Crippen MR) is 122 cm³/mol. The van der Waals surface area contributed by atoms with Gasteiger partial charge in [-0.25, -0.2) is 0 Å². The van der Waals surface area contributed by atoms with E-state index >= 15 is 0 Å². The maximum Gasteiger partial charge on any atom is 0.191 e. The lowest BCUT2D eigenvalue weighted by Crippen LogP contribution is -2.50. The molecule has 144 valence electrons. The van der Waals surface area contributed by atoms with E-state index in [1.807, 2.05) is 18.4 Å². The molecule has 25 heavy (non-hydrogen) atoms. The summed E-state index contributed by atoms with van der Waals surface area (Å²) in [5, 5.41) is 10.6. The van der Waals surface area contributed by atoms with Crippen molar-refractivity contribution in [3.05, 3.63) is 17.5 Å². The fourth-order valence-corrected chi connectivity index (χ4v) is 3.97. The summed E-state index contributed by atoms with van der Waals surface area (Å²) in [5.74, 6) is 0.935. The molecule has 0 spiro atoms. The molecule has 7 heteroatoms. The number of guanidine groups is 1. The van der Waals surface area contributed by atoms with Gasteiger partial charge >= 0.3 is 0 Å². The van der Waals surface area contributed by atoms with Gasteiger partial charge in [-0.2, -0.15) is 0 Å². The Morgan fingerprint density at radius 2 is 2.12 bits per heavy atom. The van der Waals surface area contributed by atoms with E-state index in [1.54, 1.807) is 0 Å². The lowest BCUT2D eigenvalue weighted by Gasteiger charge is -2.33. The Balaban J connectivity index is 0.00000312. The first-order chi connectivity index (χ1) is 11.6. The SMILES string of the molecule is CCN(CCNC(=NC)NC1CCN(c2cccs2)CC1)C(C)C.I. The highest BCUT2D eigenvalue weighted by molar-refractivity contribution is 14.0. The largest absolute Gasteiger partial charge is 0.363 e. The number of anilines is 1. The summed E-state index contributed by atoms with van der Waals surface area (Å²) >= 11 is 1.83. The van der Waals surface area contributed by atoms with E-state index in [0.29, 0.717) is 12.1 Å². The third-order valence-electron chi connectivity index (χ3n) is 4.71. The van der Waals surface area contributed by atoms with E-state index in [9.17, 15) is 0 Å². The number of halogens is 1. The van der Waals surface area contributed by atoms with Crippen molar-refractivity contribution < 1.29 is 0 Å². The Kier molecular flexibility index (Phi) is 10.8. The third-order valence-corrected chi connectivity index (χ3v) is 5.63. The van der Waals surface area contributed by atoms with Crippen LogP contribution in [0, 0.1) is 0 Å². The first-order valence-electron chi connectivity index (χ1n) is 9.13. The third kappa shape index (κ3) is 7.30. The fourth-order valence-electron chi connectivity index (χ4n) is 3.18. The molecule has 2 rings (SSSR count). The Bertz CT molecular complexity index is 484. The summed E-state index contributed by atoms with van der Waals surface area (Å²) in [5.41, 5.74) is 0. The van der Waals surface area contributed by atoms with Crippen LogP contribution in [0.3, 0.4) is 0 Å². The average molecular weight is 479 g/mol. The van der Waals surface area contributed by atoms with Gasteiger partial charge in [0.1, 0.15) is 0 Å². The van der Waals surface area contributed by atoms with Crippen LogP contribution in [0.4, 0.5) is 5.00 Å². The number of hydrogen-bond acceptors (Lipinski definition) is 4. The molecule has 1 fully saturated rings. The summed E-state index contributed by atoms with van der Waals surface area (Å²) in [6, 6.07) is 5.45. The Morgan fingerprint density at radius 1 is 1.40 bits per heavy atom. The van der Waals surface area contributed by atoms with Crippen molar-refractivity contribution in [1.82, 2.24) is 15.5 Å². The minimum Gasteiger partial charge on any atom is -0.363 e. The predicted octanol–water partition coefficient (Wildman–Crippen LogP) is 3.23. The van der Waals surface area contributed by atoms with Gasteiger partial charge in [-0.1, -0.05) is 6.92 Å². The van der Waals surface area contributed by atoms with Crippen LogP contribution in [0.2, 0.25) is 0 Å². The molecule has 0 radical (unpaired) electrons. The van der Waals surface area contributed by atoms with Crippen LogP contribution in [-0.4, -0.2) is 62.7 Å². The van der Waals surface area contributed by atoms with Crippen molar-refractivity contribution in [3.63, 3.8) is 0 Å². The first kappa shape index (κ1) is 22.5. The second-order valence-electron chi connectivity index (χ2n) is 6.58. The van der Waals surface area contributed by atoms with Crippen LogP contribution in [0.5, 0.6) is 0 Å². The number of thiophene rings is 1. The Labute approximate surface area is 174 Å². The summed E-state index contributed by atoms with van der Waals surface area (Å²) in [7, 11) is 1.86. The highest BCUT2D eigenvalue weighted by Crippen LogP contribution is 2.24. The summed E-state index contributed by atoms with van der Waals surface area (Å²) < 4.78 is 0. The van der Waals surface area contributed by atoms with Crippen LogP contribution in [-0.2, 0) is 0 Å². The molecule has 0 atom stereocenters. The fraction of sp³-hybridized carbons (Fsp3) is 0.722. The van der Waals surface area contributed by atoms with Crippen molar-refractivity contribution in [1.29, 1.82) is 0 Å². The number of likely N-dealkylation sites (N-methyl/N-ethyl adjacent to an activating group) is 1. The zero-order valence-corrected chi connectivity index (χ0v) is 19.1. The van der Waals surface area contributed by atoms with E-state index < -0.39 is 0 Å². The topological polar surface area (TPSA) is 42.9 Å². The molecule has 1 aliphatic heterocycles. The second kappa shape index (κ2) is 12.0. The summed E-state index contributed by atoms with van der Waals surface area (Å²) in [4.78, 5) is 9.33. The number of rotatable bonds is 7. The van der Waals surface area contributed by atoms with E-state index in [0.717, 1.165) is 51.5 Å². The van der Waals surface area contributed by atoms with Crippen molar-refractivity contribution in [2.45, 2.75) is 45.7 Å². The van der Waals surface area contributed by atoms with Crippen LogP contribution in [0.25, 0.3) is 0 Å². The molecule has 2 heterocycles. The van der Waals surface area contributed by atoms with Gasteiger partial charge in [-0.3, -0.25) is 9.89 Å². The minimum atomic E-state index is 0. The zero-order valence-electron chi connectivity index (χ0n) is 16.0. The molecule has 0 saturated carbocycles. The number of nitrogens with one attached hydrogen (secondary N) is 2. The lowest BCUT2D eigenvalue weighted by molar-refractivity contribution is 0.237. The monoisotopic (exact) mass is 479 g/mol. The van der Waals surface area contributed by atoms with E-state index in [4.69, 9.17) is 0 Å². The van der Waals surface area contributed by atoms with Crippen molar-refractivity contribution in [2.24, 2.45) is 4.99 Å². The van der Waals surface area contributed by atoms with Crippen molar-refractivity contribution in [3.8, 4) is 0 Å². The summed E-state index contributed by atoms with van der Waals surface area (Å²) in [6.45, 7) is 12.0. The van der Waals surface area contributed by atoms with E-state index in [-0.39, 0.29) is 24.0 Å². The molecular formula is C18H34IN5S. The minimum absolute atomic E-state index is 0. The van der Waals surface area contributed by atoms with Gasteiger partial charge in [0.2, 0.25) is 0 Å². The van der Waals surface area contributed by atoms with Crippen molar-refractivity contribution in [2.75, 3.05) is 44.7 Å². The molecule has 1 aromatic rings. The molecule has 1 aliphatic rings. The number of aliphatic imine (C=N–C) groups is 1. The highest BCUT2D eigenvalue weighted by atomic mass is 127. The summed E-state index contributed by atoms with van der Waals surface area (Å²) in [6.07, 6.45) is 2.32. The number of piperidine rings is 1. The number of nitrogens with zero attached hydrogens (tertiary/aromatic N) is 3. The molecule has 0 aromatic carbocycles. The molecule has 5 nitrogen and oxygen atoms in total. The van der Waals surface area contributed by atoms with E-state index in [1.165, 1.54) is 5.00 Å². The standard InChI is InChI=1S/C18H33N5S.HI/c1-5-22(15(2)3)13-10-20-18(19-4)21-16-8-11-23(12-9-16)17-7-6-14-24-17;/h6-7,14-16H,5,8-13H2,1-4H3,(H2,19,20,21);1H. The van der Waals surface area contributed by atoms with Gasteiger partial charge in [0.05, 0.1) is 5.00 Å². The lowest BCUT2D eigenvalue weighted by atomic mass is 10.1. The smallest absolute Gasteiger partial charge is 0.191 e. The van der Waals surface area contributed by atoms with Gasteiger partial charge in [0.25, 0.3) is 0 Å². The molecule has 1 aromatic heterocycles. The van der Waals surface area contributed by atoms with Crippen LogP contribution in [0.15, 0.2) is 22.5 Å². The molecule has 0 bridgehead atoms. The van der Waals surface area contributed by atoms with Crippen LogP contribution >= 0.6 is 35.3 Å². The Hall–Kier alpha value is -0.540. The van der Waals surface area contributed by atoms with Crippen LogP contribution < -0.4 is 15.5 Å². The molecule has 0 unspecified atom stereocenters. The van der Waals surface area contributed by atoms with Gasteiger partial charge in [-0.15, -0.1) is 35.3 Å². The van der Waals surface area contributed by atoms with Gasteiger partial charge in [-0.05, 0) is 50.7 Å². The maximum atomic E-state index is 4.38. The second-order valence-corrected chi connectivity index (χ2v) is 7.50.